The van der Waals surface area contributed by atoms with Crippen LogP contribution in [0, 0.1) is 5.92 Å². The van der Waals surface area contributed by atoms with Crippen molar-refractivity contribution in [2.75, 3.05) is 6.61 Å². The van der Waals surface area contributed by atoms with E-state index in [1.165, 1.54) is 0 Å². The largest absolute Gasteiger partial charge is 0.466 e. The van der Waals surface area contributed by atoms with Gasteiger partial charge in [-0.2, -0.15) is 0 Å². The molecule has 2 N–H and O–H groups in total. The third kappa shape index (κ3) is 2.67. The average Bonchev–Trinajstić information content (AvgIpc) is 2.04. The minimum absolute atomic E-state index is 0.281. The van der Waals surface area contributed by atoms with Crippen LogP contribution in [0.1, 0.15) is 26.2 Å². The van der Waals surface area contributed by atoms with E-state index in [1.54, 1.807) is 6.92 Å². The molecule has 0 aromatic heterocycles. The van der Waals surface area contributed by atoms with E-state index in [1.807, 2.05) is 0 Å². The number of ether oxygens (including phenoxy) is 1. The molecule has 0 radical (unpaired) electrons. The Morgan fingerprint density at radius 2 is 2.15 bits per heavy atom. The molecule has 0 bridgehead atoms. The molecule has 0 aromatic carbocycles. The van der Waals surface area contributed by atoms with Crippen molar-refractivity contribution >= 4 is 5.97 Å². The molecule has 4 nitrogen and oxygen atoms in total. The number of carbonyl (C=O) groups is 1. The SMILES string of the molecule is CCOC(=O)C1CCC(O)CC1O. The van der Waals surface area contributed by atoms with E-state index in [9.17, 15) is 15.0 Å². The highest BCUT2D eigenvalue weighted by Crippen LogP contribution is 2.25. The van der Waals surface area contributed by atoms with E-state index in [0.29, 0.717) is 19.4 Å². The standard InChI is InChI=1S/C9H16O4/c1-2-13-9(12)7-4-3-6(10)5-8(7)11/h6-8,10-11H,2-5H2,1H3. The van der Waals surface area contributed by atoms with Crippen molar-refractivity contribution in [3.63, 3.8) is 0 Å². The van der Waals surface area contributed by atoms with Gasteiger partial charge in [0.15, 0.2) is 0 Å². The van der Waals surface area contributed by atoms with Gasteiger partial charge in [0.25, 0.3) is 0 Å². The van der Waals surface area contributed by atoms with Crippen molar-refractivity contribution in [1.29, 1.82) is 0 Å². The second-order valence-electron chi connectivity index (χ2n) is 3.39. The Labute approximate surface area is 77.5 Å². The molecule has 0 saturated heterocycles. The smallest absolute Gasteiger partial charge is 0.311 e. The van der Waals surface area contributed by atoms with E-state index >= 15 is 0 Å². The van der Waals surface area contributed by atoms with Gasteiger partial charge in [-0.1, -0.05) is 0 Å². The summed E-state index contributed by atoms with van der Waals surface area (Å²) in [5.41, 5.74) is 0. The molecule has 0 spiro atoms. The van der Waals surface area contributed by atoms with Gasteiger partial charge in [-0.25, -0.2) is 0 Å². The van der Waals surface area contributed by atoms with Crippen molar-refractivity contribution in [1.82, 2.24) is 0 Å². The lowest BCUT2D eigenvalue weighted by atomic mass is 9.85. The molecule has 76 valence electrons. The summed E-state index contributed by atoms with van der Waals surface area (Å²) in [4.78, 5) is 11.3. The molecular weight excluding hydrogens is 172 g/mol. The highest BCUT2D eigenvalue weighted by Gasteiger charge is 2.33. The lowest BCUT2D eigenvalue weighted by Gasteiger charge is -2.28. The number of aliphatic hydroxyl groups excluding tert-OH is 2. The number of hydrogen-bond acceptors (Lipinski definition) is 4. The Balaban J connectivity index is 2.45. The van der Waals surface area contributed by atoms with Crippen LogP contribution in [0.4, 0.5) is 0 Å². The van der Waals surface area contributed by atoms with E-state index < -0.39 is 18.1 Å². The van der Waals surface area contributed by atoms with Crippen LogP contribution in [0.2, 0.25) is 0 Å². The monoisotopic (exact) mass is 188 g/mol. The lowest BCUT2D eigenvalue weighted by Crippen LogP contribution is -2.37. The Bertz CT molecular complexity index is 180. The zero-order valence-electron chi connectivity index (χ0n) is 7.77. The summed E-state index contributed by atoms with van der Waals surface area (Å²) in [5.74, 6) is -0.787. The maximum Gasteiger partial charge on any atom is 0.311 e. The van der Waals surface area contributed by atoms with Gasteiger partial charge in [0.2, 0.25) is 0 Å². The van der Waals surface area contributed by atoms with Gasteiger partial charge in [-0.05, 0) is 19.8 Å². The Morgan fingerprint density at radius 1 is 1.46 bits per heavy atom. The van der Waals surface area contributed by atoms with Crippen molar-refractivity contribution in [3.8, 4) is 0 Å². The van der Waals surface area contributed by atoms with Gasteiger partial charge >= 0.3 is 5.97 Å². The predicted molar refractivity (Wildman–Crippen MR) is 46.0 cm³/mol. The molecule has 1 rings (SSSR count). The first-order chi connectivity index (χ1) is 6.15. The zero-order chi connectivity index (χ0) is 9.84. The minimum Gasteiger partial charge on any atom is -0.466 e. The maximum atomic E-state index is 11.3. The normalized spacial score (nSPS) is 34.2. The summed E-state index contributed by atoms with van der Waals surface area (Å²) in [6.07, 6.45) is 0.147. The molecule has 0 aliphatic heterocycles. The second-order valence-corrected chi connectivity index (χ2v) is 3.39. The van der Waals surface area contributed by atoms with Gasteiger partial charge in [-0.15, -0.1) is 0 Å². The summed E-state index contributed by atoms with van der Waals surface area (Å²) >= 11 is 0. The highest BCUT2D eigenvalue weighted by atomic mass is 16.5. The van der Waals surface area contributed by atoms with Gasteiger partial charge in [-0.3, -0.25) is 4.79 Å². The van der Waals surface area contributed by atoms with Crippen molar-refractivity contribution in [2.45, 2.75) is 38.4 Å². The number of rotatable bonds is 2. The van der Waals surface area contributed by atoms with Crippen LogP contribution in [-0.4, -0.2) is 35.0 Å². The fourth-order valence-electron chi connectivity index (χ4n) is 1.65. The quantitative estimate of drug-likeness (QED) is 0.602. The molecule has 3 unspecified atom stereocenters. The molecular formula is C9H16O4. The first-order valence-electron chi connectivity index (χ1n) is 4.68. The summed E-state index contributed by atoms with van der Waals surface area (Å²) in [6.45, 7) is 2.08. The van der Waals surface area contributed by atoms with Crippen LogP contribution in [0.25, 0.3) is 0 Å². The summed E-state index contributed by atoms with van der Waals surface area (Å²) < 4.78 is 4.81. The molecule has 3 atom stereocenters. The molecule has 1 aliphatic carbocycles. The minimum atomic E-state index is -0.747. The van der Waals surface area contributed by atoms with Crippen LogP contribution < -0.4 is 0 Å². The number of esters is 1. The molecule has 13 heavy (non-hydrogen) atoms. The fraction of sp³-hybridized carbons (Fsp3) is 0.889. The van der Waals surface area contributed by atoms with Gasteiger partial charge in [0, 0.05) is 6.42 Å². The van der Waals surface area contributed by atoms with Gasteiger partial charge < -0.3 is 14.9 Å². The van der Waals surface area contributed by atoms with Crippen molar-refractivity contribution < 1.29 is 19.7 Å². The van der Waals surface area contributed by atoms with Crippen LogP contribution in [0.3, 0.4) is 0 Å². The third-order valence-electron chi connectivity index (χ3n) is 2.38. The van der Waals surface area contributed by atoms with E-state index in [4.69, 9.17) is 4.74 Å². The van der Waals surface area contributed by atoms with Crippen LogP contribution in [-0.2, 0) is 9.53 Å². The van der Waals surface area contributed by atoms with Gasteiger partial charge in [0.1, 0.15) is 0 Å². The Kier molecular flexibility index (Phi) is 3.69. The summed E-state index contributed by atoms with van der Waals surface area (Å²) in [7, 11) is 0. The average molecular weight is 188 g/mol. The summed E-state index contributed by atoms with van der Waals surface area (Å²) in [6, 6.07) is 0. The highest BCUT2D eigenvalue weighted by molar-refractivity contribution is 5.73. The van der Waals surface area contributed by atoms with Crippen molar-refractivity contribution in [3.05, 3.63) is 0 Å². The van der Waals surface area contributed by atoms with Crippen LogP contribution in [0.5, 0.6) is 0 Å². The molecule has 0 amide bonds. The first-order valence-corrected chi connectivity index (χ1v) is 4.68. The second kappa shape index (κ2) is 4.58. The molecule has 1 saturated carbocycles. The molecule has 1 fully saturated rings. The number of hydrogen-bond donors (Lipinski definition) is 2. The van der Waals surface area contributed by atoms with Crippen molar-refractivity contribution in [2.24, 2.45) is 5.92 Å². The Morgan fingerprint density at radius 3 is 2.69 bits per heavy atom. The van der Waals surface area contributed by atoms with Crippen LogP contribution >= 0.6 is 0 Å². The van der Waals surface area contributed by atoms with E-state index in [-0.39, 0.29) is 12.4 Å². The third-order valence-corrected chi connectivity index (χ3v) is 2.38. The number of carbonyl (C=O) groups excluding carboxylic acids is 1. The first kappa shape index (κ1) is 10.5. The lowest BCUT2D eigenvalue weighted by molar-refractivity contribution is -0.155. The topological polar surface area (TPSA) is 66.8 Å². The van der Waals surface area contributed by atoms with Gasteiger partial charge in [0.05, 0.1) is 24.7 Å². The number of aliphatic hydroxyl groups is 2. The summed E-state index contributed by atoms with van der Waals surface area (Å²) in [5, 5.41) is 18.7. The molecule has 0 aromatic rings. The fourth-order valence-corrected chi connectivity index (χ4v) is 1.65. The Hall–Kier alpha value is -0.610. The molecule has 1 aliphatic rings. The van der Waals surface area contributed by atoms with E-state index in [2.05, 4.69) is 0 Å². The van der Waals surface area contributed by atoms with E-state index in [0.717, 1.165) is 0 Å². The maximum absolute atomic E-state index is 11.3. The molecule has 0 heterocycles. The predicted octanol–water partition coefficient (Wildman–Crippen LogP) is 0.0714. The van der Waals surface area contributed by atoms with Crippen LogP contribution in [0.15, 0.2) is 0 Å². The molecule has 4 heteroatoms. The zero-order valence-corrected chi connectivity index (χ0v) is 7.77.